The second kappa shape index (κ2) is 8.96. The predicted molar refractivity (Wildman–Crippen MR) is 136 cm³/mol. The Morgan fingerprint density at radius 1 is 1.09 bits per heavy atom. The summed E-state index contributed by atoms with van der Waals surface area (Å²) in [6.07, 6.45) is 1.69. The van der Waals surface area contributed by atoms with Crippen LogP contribution in [0, 0.1) is 6.92 Å². The molecule has 3 aromatic heterocycles. The average molecular weight is 489 g/mol. The molecule has 1 N–H and O–H groups in total. The van der Waals surface area contributed by atoms with Gasteiger partial charge in [0.15, 0.2) is 5.65 Å². The van der Waals surface area contributed by atoms with Crippen LogP contribution in [-0.4, -0.2) is 30.9 Å². The molecule has 0 atom stereocenters. The van der Waals surface area contributed by atoms with E-state index < -0.39 is 0 Å². The molecule has 0 saturated heterocycles. The van der Waals surface area contributed by atoms with Crippen molar-refractivity contribution >= 4 is 45.0 Å². The highest BCUT2D eigenvalue weighted by Crippen LogP contribution is 2.31. The minimum Gasteiger partial charge on any atom is -0.296 e. The Labute approximate surface area is 205 Å². The molecular formula is C25H21ClN6OS. The van der Waals surface area contributed by atoms with E-state index in [-0.39, 0.29) is 11.9 Å². The van der Waals surface area contributed by atoms with E-state index in [1.54, 1.807) is 12.3 Å². The fraction of sp³-hybridized carbons (Fsp3) is 0.160. The summed E-state index contributed by atoms with van der Waals surface area (Å²) in [4.78, 5) is 18.3. The maximum absolute atomic E-state index is 13.4. The van der Waals surface area contributed by atoms with Gasteiger partial charge in [0.1, 0.15) is 5.01 Å². The van der Waals surface area contributed by atoms with Crippen LogP contribution < -0.4 is 5.32 Å². The van der Waals surface area contributed by atoms with E-state index in [1.807, 2.05) is 74.0 Å². The van der Waals surface area contributed by atoms with Crippen LogP contribution in [0.1, 0.15) is 35.8 Å². The lowest BCUT2D eigenvalue weighted by atomic mass is 10.0. The third kappa shape index (κ3) is 4.18. The van der Waals surface area contributed by atoms with Crippen molar-refractivity contribution in [1.29, 1.82) is 0 Å². The molecule has 0 saturated carbocycles. The number of amides is 1. The number of benzene rings is 2. The SMILES string of the molecule is Cc1ccccc1-c1cc(C(=O)Nc2nnc(-c3cccc(Cl)c3)s2)c2cnn(C(C)C)c2n1. The van der Waals surface area contributed by atoms with Crippen LogP contribution in [0.4, 0.5) is 5.13 Å². The molecule has 0 aliphatic heterocycles. The normalized spacial score (nSPS) is 11.3. The molecule has 0 aliphatic carbocycles. The number of nitrogens with zero attached hydrogens (tertiary/aromatic N) is 5. The highest BCUT2D eigenvalue weighted by Gasteiger charge is 2.20. The third-order valence-electron chi connectivity index (χ3n) is 5.44. The van der Waals surface area contributed by atoms with Crippen molar-refractivity contribution in [2.45, 2.75) is 26.8 Å². The number of halogens is 1. The van der Waals surface area contributed by atoms with E-state index in [1.165, 1.54) is 11.3 Å². The lowest BCUT2D eigenvalue weighted by molar-refractivity contribution is 0.102. The van der Waals surface area contributed by atoms with E-state index in [0.717, 1.165) is 22.4 Å². The van der Waals surface area contributed by atoms with Gasteiger partial charge in [-0.05, 0) is 44.5 Å². The second-order valence-electron chi connectivity index (χ2n) is 8.17. The Morgan fingerprint density at radius 2 is 1.91 bits per heavy atom. The van der Waals surface area contributed by atoms with Crippen LogP contribution in [0.5, 0.6) is 0 Å². The monoisotopic (exact) mass is 488 g/mol. The number of hydrogen-bond acceptors (Lipinski definition) is 6. The van der Waals surface area contributed by atoms with Crippen LogP contribution in [0.2, 0.25) is 5.02 Å². The molecule has 0 aliphatic rings. The predicted octanol–water partition coefficient (Wildman–Crippen LogP) is 6.41. The van der Waals surface area contributed by atoms with Gasteiger partial charge in [0.25, 0.3) is 5.91 Å². The molecule has 1 amide bonds. The van der Waals surface area contributed by atoms with E-state index in [9.17, 15) is 4.79 Å². The van der Waals surface area contributed by atoms with E-state index in [0.29, 0.717) is 31.8 Å². The molecule has 34 heavy (non-hydrogen) atoms. The highest BCUT2D eigenvalue weighted by molar-refractivity contribution is 7.18. The number of aryl methyl sites for hydroxylation is 1. The van der Waals surface area contributed by atoms with E-state index in [2.05, 4.69) is 20.6 Å². The molecule has 0 bridgehead atoms. The van der Waals surface area contributed by atoms with Gasteiger partial charge in [-0.1, -0.05) is 59.3 Å². The Morgan fingerprint density at radius 3 is 2.68 bits per heavy atom. The molecule has 0 radical (unpaired) electrons. The van der Waals surface area contributed by atoms with Crippen LogP contribution in [-0.2, 0) is 0 Å². The fourth-order valence-electron chi connectivity index (χ4n) is 3.76. The number of rotatable bonds is 5. The second-order valence-corrected chi connectivity index (χ2v) is 9.58. The molecule has 0 fully saturated rings. The average Bonchev–Trinajstić information content (AvgIpc) is 3.46. The first-order chi connectivity index (χ1) is 16.4. The molecule has 3 heterocycles. The minimum absolute atomic E-state index is 0.0939. The van der Waals surface area contributed by atoms with Crippen LogP contribution >= 0.6 is 22.9 Å². The molecule has 2 aromatic carbocycles. The summed E-state index contributed by atoms with van der Waals surface area (Å²) in [5, 5.41) is 18.1. The summed E-state index contributed by atoms with van der Waals surface area (Å²) in [6.45, 7) is 6.10. The van der Waals surface area contributed by atoms with Gasteiger partial charge in [-0.15, -0.1) is 10.2 Å². The molecule has 5 rings (SSSR count). The first kappa shape index (κ1) is 22.2. The maximum Gasteiger partial charge on any atom is 0.258 e. The standard InChI is InChI=1S/C25H21ClN6OS/c1-14(2)32-22-20(13-27-32)19(12-21(28-22)18-10-5-4-7-15(18)3)23(33)29-25-31-30-24(34-25)16-8-6-9-17(26)11-16/h4-14H,1-3H3,(H,29,31,33). The van der Waals surface area contributed by atoms with Gasteiger partial charge in [-0.25, -0.2) is 9.67 Å². The van der Waals surface area contributed by atoms with Crippen molar-refractivity contribution < 1.29 is 4.79 Å². The van der Waals surface area contributed by atoms with Crippen LogP contribution in [0.3, 0.4) is 0 Å². The molecule has 9 heteroatoms. The first-order valence-electron chi connectivity index (χ1n) is 10.8. The summed E-state index contributed by atoms with van der Waals surface area (Å²) >= 11 is 7.38. The Hall–Kier alpha value is -3.62. The minimum atomic E-state index is -0.292. The smallest absolute Gasteiger partial charge is 0.258 e. The summed E-state index contributed by atoms with van der Waals surface area (Å²) < 4.78 is 1.83. The number of fused-ring (bicyclic) bond motifs is 1. The van der Waals surface area contributed by atoms with E-state index >= 15 is 0 Å². The number of anilines is 1. The molecule has 5 aromatic rings. The molecule has 7 nitrogen and oxygen atoms in total. The van der Waals surface area contributed by atoms with E-state index in [4.69, 9.17) is 16.6 Å². The van der Waals surface area contributed by atoms with Crippen LogP contribution in [0.15, 0.2) is 60.8 Å². The number of aromatic nitrogens is 5. The van der Waals surface area contributed by atoms with Gasteiger partial charge in [0, 0.05) is 22.2 Å². The number of carbonyl (C=O) groups is 1. The van der Waals surface area contributed by atoms with Gasteiger partial charge >= 0.3 is 0 Å². The van der Waals surface area contributed by atoms with Crippen molar-refractivity contribution in [3.8, 4) is 21.8 Å². The summed E-state index contributed by atoms with van der Waals surface area (Å²) in [6, 6.07) is 17.2. The number of nitrogens with one attached hydrogen (secondary N) is 1. The van der Waals surface area contributed by atoms with Crippen molar-refractivity contribution in [3.05, 3.63) is 76.9 Å². The Bertz CT molecular complexity index is 1520. The van der Waals surface area contributed by atoms with Crippen molar-refractivity contribution in [1.82, 2.24) is 25.0 Å². The summed E-state index contributed by atoms with van der Waals surface area (Å²) in [5.41, 5.74) is 4.75. The molecule has 0 unspecified atom stereocenters. The van der Waals surface area contributed by atoms with Gasteiger partial charge in [-0.3, -0.25) is 10.1 Å². The van der Waals surface area contributed by atoms with Crippen LogP contribution in [0.25, 0.3) is 32.9 Å². The number of pyridine rings is 1. The fourth-order valence-corrected chi connectivity index (χ4v) is 4.68. The van der Waals surface area contributed by atoms with Gasteiger partial charge in [0.2, 0.25) is 5.13 Å². The number of hydrogen-bond donors (Lipinski definition) is 1. The zero-order valence-electron chi connectivity index (χ0n) is 18.8. The zero-order valence-corrected chi connectivity index (χ0v) is 20.4. The van der Waals surface area contributed by atoms with Gasteiger partial charge in [-0.2, -0.15) is 5.10 Å². The topological polar surface area (TPSA) is 85.6 Å². The zero-order chi connectivity index (χ0) is 23.8. The summed E-state index contributed by atoms with van der Waals surface area (Å²) in [7, 11) is 0. The lowest BCUT2D eigenvalue weighted by Gasteiger charge is -2.11. The lowest BCUT2D eigenvalue weighted by Crippen LogP contribution is -2.13. The van der Waals surface area contributed by atoms with Crippen molar-refractivity contribution in [2.75, 3.05) is 5.32 Å². The third-order valence-corrected chi connectivity index (χ3v) is 6.56. The molecule has 170 valence electrons. The Balaban J connectivity index is 1.55. The number of carbonyl (C=O) groups excluding carboxylic acids is 1. The quantitative estimate of drug-likeness (QED) is 0.309. The largest absolute Gasteiger partial charge is 0.296 e. The van der Waals surface area contributed by atoms with Gasteiger partial charge in [0.05, 0.1) is 22.8 Å². The van der Waals surface area contributed by atoms with Gasteiger partial charge < -0.3 is 0 Å². The highest BCUT2D eigenvalue weighted by atomic mass is 35.5. The first-order valence-corrected chi connectivity index (χ1v) is 11.9. The van der Waals surface area contributed by atoms with Crippen molar-refractivity contribution in [2.24, 2.45) is 0 Å². The van der Waals surface area contributed by atoms with Crippen molar-refractivity contribution in [3.63, 3.8) is 0 Å². The summed E-state index contributed by atoms with van der Waals surface area (Å²) in [5.74, 6) is -0.292. The molecular weight excluding hydrogens is 468 g/mol. The Kier molecular flexibility index (Phi) is 5.85. The molecule has 0 spiro atoms. The maximum atomic E-state index is 13.4.